The van der Waals surface area contributed by atoms with Crippen molar-refractivity contribution >= 4 is 0 Å². The Morgan fingerprint density at radius 1 is 1.08 bits per heavy atom. The van der Waals surface area contributed by atoms with Gasteiger partial charge in [-0.2, -0.15) is 33.3 Å². The van der Waals surface area contributed by atoms with Crippen LogP contribution in [-0.2, 0) is 19.3 Å². The van der Waals surface area contributed by atoms with E-state index in [1.54, 1.807) is 17.2 Å². The van der Waals surface area contributed by atoms with Crippen molar-refractivity contribution in [3.63, 3.8) is 0 Å². The zero-order chi connectivity index (χ0) is 17.9. The van der Waals surface area contributed by atoms with Crippen LogP contribution in [-0.4, -0.2) is 49.3 Å². The molecule has 1 aliphatic heterocycles. The van der Waals surface area contributed by atoms with Gasteiger partial charge in [0.1, 0.15) is 0 Å². The molecule has 0 unspecified atom stereocenters. The van der Waals surface area contributed by atoms with E-state index >= 15 is 0 Å². The van der Waals surface area contributed by atoms with Crippen LogP contribution < -0.4 is 5.56 Å². The molecule has 0 aliphatic carbocycles. The van der Waals surface area contributed by atoms with Gasteiger partial charge in [-0.05, 0) is 37.9 Å². The zero-order valence-corrected chi connectivity index (χ0v) is 13.6. The minimum atomic E-state index is -4.54. The summed E-state index contributed by atoms with van der Waals surface area (Å²) in [6.45, 7) is 3.41. The van der Waals surface area contributed by atoms with Crippen LogP contribution in [0.3, 0.4) is 0 Å². The van der Waals surface area contributed by atoms with Crippen LogP contribution in [0.15, 0.2) is 29.3 Å². The van der Waals surface area contributed by atoms with E-state index in [-0.39, 0.29) is 12.5 Å². The second kappa shape index (κ2) is 7.34. The summed E-state index contributed by atoms with van der Waals surface area (Å²) in [6.07, 6.45) is 0.352. The summed E-state index contributed by atoms with van der Waals surface area (Å²) < 4.78 is 39.1. The first-order valence-electron chi connectivity index (χ1n) is 8.13. The van der Waals surface area contributed by atoms with E-state index in [4.69, 9.17) is 0 Å². The highest BCUT2D eigenvalue weighted by molar-refractivity contribution is 5.04. The lowest BCUT2D eigenvalue weighted by atomic mass is 9.97. The Labute approximate surface area is 142 Å². The highest BCUT2D eigenvalue weighted by Gasteiger charge is 2.33. The molecule has 0 atom stereocenters. The lowest BCUT2D eigenvalue weighted by Crippen LogP contribution is -2.38. The molecular formula is C15H19F3N6O. The Balaban J connectivity index is 1.53. The molecule has 25 heavy (non-hydrogen) atoms. The minimum absolute atomic E-state index is 0.146. The highest BCUT2D eigenvalue weighted by atomic mass is 19.4. The monoisotopic (exact) mass is 356 g/mol. The van der Waals surface area contributed by atoms with Gasteiger partial charge in [-0.15, -0.1) is 0 Å². The second-order valence-corrected chi connectivity index (χ2v) is 6.15. The molecule has 2 aromatic heterocycles. The SMILES string of the molecule is O=c1ccc(C(F)(F)F)nn1CC1CCN(CCn2nccn2)CC1. The fourth-order valence-corrected chi connectivity index (χ4v) is 2.96. The molecule has 0 saturated carbocycles. The van der Waals surface area contributed by atoms with Gasteiger partial charge in [0, 0.05) is 19.2 Å². The summed E-state index contributed by atoms with van der Waals surface area (Å²) in [4.78, 5) is 15.7. The maximum atomic E-state index is 12.7. The molecule has 3 rings (SSSR count). The van der Waals surface area contributed by atoms with Crippen molar-refractivity contribution < 1.29 is 13.2 Å². The van der Waals surface area contributed by atoms with Crippen molar-refractivity contribution in [2.75, 3.05) is 19.6 Å². The van der Waals surface area contributed by atoms with Crippen LogP contribution in [0.5, 0.6) is 0 Å². The number of hydrogen-bond donors (Lipinski definition) is 0. The molecule has 1 aliphatic rings. The van der Waals surface area contributed by atoms with E-state index in [1.165, 1.54) is 0 Å². The molecule has 136 valence electrons. The lowest BCUT2D eigenvalue weighted by Gasteiger charge is -2.31. The number of likely N-dealkylation sites (tertiary alicyclic amines) is 1. The van der Waals surface area contributed by atoms with E-state index in [2.05, 4.69) is 20.2 Å². The molecule has 0 N–H and O–H groups in total. The molecule has 2 aromatic rings. The fraction of sp³-hybridized carbons (Fsp3) is 0.600. The van der Waals surface area contributed by atoms with Gasteiger partial charge in [-0.25, -0.2) is 4.68 Å². The Bertz CT molecular complexity index is 734. The van der Waals surface area contributed by atoms with E-state index in [9.17, 15) is 18.0 Å². The molecule has 0 aromatic carbocycles. The average Bonchev–Trinajstić information content (AvgIpc) is 3.09. The van der Waals surface area contributed by atoms with E-state index in [0.717, 1.165) is 49.3 Å². The topological polar surface area (TPSA) is 68.8 Å². The summed E-state index contributed by atoms with van der Waals surface area (Å²) in [7, 11) is 0. The number of piperidine rings is 1. The van der Waals surface area contributed by atoms with Crippen molar-refractivity contribution in [3.8, 4) is 0 Å². The highest BCUT2D eigenvalue weighted by Crippen LogP contribution is 2.26. The predicted molar refractivity (Wildman–Crippen MR) is 82.7 cm³/mol. The average molecular weight is 356 g/mol. The number of nitrogens with zero attached hydrogens (tertiary/aromatic N) is 6. The first kappa shape index (κ1) is 17.6. The summed E-state index contributed by atoms with van der Waals surface area (Å²) in [5.41, 5.74) is -1.53. The molecule has 0 amide bonds. The Kier molecular flexibility index (Phi) is 5.16. The molecule has 0 radical (unpaired) electrons. The zero-order valence-electron chi connectivity index (χ0n) is 13.6. The van der Waals surface area contributed by atoms with Gasteiger partial charge in [0.05, 0.1) is 18.9 Å². The first-order chi connectivity index (χ1) is 11.9. The summed E-state index contributed by atoms with van der Waals surface area (Å²) in [5, 5.41) is 11.6. The van der Waals surface area contributed by atoms with E-state index in [0.29, 0.717) is 6.54 Å². The smallest absolute Gasteiger partial charge is 0.301 e. The van der Waals surface area contributed by atoms with Gasteiger partial charge in [0.25, 0.3) is 5.56 Å². The van der Waals surface area contributed by atoms with Crippen molar-refractivity contribution in [2.45, 2.75) is 32.1 Å². The van der Waals surface area contributed by atoms with Crippen LogP contribution >= 0.6 is 0 Å². The first-order valence-corrected chi connectivity index (χ1v) is 8.13. The molecule has 10 heteroatoms. The molecular weight excluding hydrogens is 337 g/mol. The number of hydrogen-bond acceptors (Lipinski definition) is 5. The number of aromatic nitrogens is 5. The molecule has 1 fully saturated rings. The van der Waals surface area contributed by atoms with Gasteiger partial charge in [0.2, 0.25) is 0 Å². The maximum Gasteiger partial charge on any atom is 0.435 e. The van der Waals surface area contributed by atoms with Crippen LogP contribution in [0.4, 0.5) is 13.2 Å². The van der Waals surface area contributed by atoms with Crippen molar-refractivity contribution in [1.82, 2.24) is 29.7 Å². The lowest BCUT2D eigenvalue weighted by molar-refractivity contribution is -0.142. The van der Waals surface area contributed by atoms with Crippen molar-refractivity contribution in [3.05, 3.63) is 40.6 Å². The summed E-state index contributed by atoms with van der Waals surface area (Å²) >= 11 is 0. The fourth-order valence-electron chi connectivity index (χ4n) is 2.96. The summed E-state index contributed by atoms with van der Waals surface area (Å²) in [6, 6.07) is 1.66. The number of alkyl halides is 3. The molecule has 0 bridgehead atoms. The van der Waals surface area contributed by atoms with Crippen LogP contribution in [0.1, 0.15) is 18.5 Å². The van der Waals surface area contributed by atoms with Crippen LogP contribution in [0.2, 0.25) is 0 Å². The summed E-state index contributed by atoms with van der Waals surface area (Å²) in [5.74, 6) is 0.146. The van der Waals surface area contributed by atoms with Gasteiger partial charge < -0.3 is 4.90 Å². The van der Waals surface area contributed by atoms with E-state index in [1.807, 2.05) is 0 Å². The second-order valence-electron chi connectivity index (χ2n) is 6.15. The van der Waals surface area contributed by atoms with Crippen molar-refractivity contribution in [1.29, 1.82) is 0 Å². The Morgan fingerprint density at radius 2 is 1.76 bits per heavy atom. The maximum absolute atomic E-state index is 12.7. The molecule has 3 heterocycles. The van der Waals surface area contributed by atoms with Crippen molar-refractivity contribution in [2.24, 2.45) is 5.92 Å². The Morgan fingerprint density at radius 3 is 2.40 bits per heavy atom. The third kappa shape index (κ3) is 4.65. The quantitative estimate of drug-likeness (QED) is 0.807. The van der Waals surface area contributed by atoms with Gasteiger partial charge >= 0.3 is 6.18 Å². The standard InChI is InChI=1S/C15H19F3N6O/c16-15(17,18)13-1-2-14(25)23(21-13)11-12-3-7-22(8-4-12)9-10-24-19-5-6-20-24/h1-2,5-6,12H,3-4,7-11H2. The van der Waals surface area contributed by atoms with Gasteiger partial charge in [-0.1, -0.05) is 0 Å². The number of rotatable bonds is 5. The Hall–Kier alpha value is -2.23. The largest absolute Gasteiger partial charge is 0.435 e. The van der Waals surface area contributed by atoms with Gasteiger partial charge in [-0.3, -0.25) is 4.79 Å². The van der Waals surface area contributed by atoms with Gasteiger partial charge in [0.15, 0.2) is 5.69 Å². The van der Waals surface area contributed by atoms with E-state index < -0.39 is 17.4 Å². The molecule has 1 saturated heterocycles. The molecule has 0 spiro atoms. The number of halogens is 3. The van der Waals surface area contributed by atoms with Crippen LogP contribution in [0, 0.1) is 5.92 Å². The molecule has 7 nitrogen and oxygen atoms in total. The minimum Gasteiger partial charge on any atom is -0.301 e. The third-order valence-corrected chi connectivity index (χ3v) is 4.38. The predicted octanol–water partition coefficient (Wildman–Crippen LogP) is 1.27. The third-order valence-electron chi connectivity index (χ3n) is 4.38. The normalized spacial score (nSPS) is 17.1. The van der Waals surface area contributed by atoms with Crippen LogP contribution in [0.25, 0.3) is 0 Å².